The van der Waals surface area contributed by atoms with E-state index in [1.54, 1.807) is 0 Å². The minimum Gasteiger partial charge on any atom is -0.379 e. The van der Waals surface area contributed by atoms with Crippen LogP contribution in [0.2, 0.25) is 0 Å². The number of hydrogen-bond acceptors (Lipinski definition) is 4. The molecule has 20 heavy (non-hydrogen) atoms. The van der Waals surface area contributed by atoms with Crippen LogP contribution in [0, 0.1) is 5.92 Å². The van der Waals surface area contributed by atoms with Crippen molar-refractivity contribution in [3.05, 3.63) is 0 Å². The zero-order valence-electron chi connectivity index (χ0n) is 12.5. The molecule has 0 unspecified atom stereocenters. The van der Waals surface area contributed by atoms with Crippen LogP contribution in [0.15, 0.2) is 0 Å². The lowest BCUT2D eigenvalue weighted by Crippen LogP contribution is -2.50. The van der Waals surface area contributed by atoms with Crippen LogP contribution in [-0.2, 0) is 9.53 Å². The van der Waals surface area contributed by atoms with Crippen LogP contribution in [-0.4, -0.2) is 65.7 Å². The molecule has 0 N–H and O–H groups in total. The molecule has 0 aromatic carbocycles. The number of nitrogens with zero attached hydrogens (tertiary/aromatic N) is 2. The molecule has 2 aliphatic heterocycles. The van der Waals surface area contributed by atoms with Crippen LogP contribution >= 0.6 is 11.8 Å². The molecule has 5 heteroatoms. The van der Waals surface area contributed by atoms with Crippen molar-refractivity contribution in [2.75, 3.05) is 45.1 Å². The summed E-state index contributed by atoms with van der Waals surface area (Å²) < 4.78 is 5.39. The summed E-state index contributed by atoms with van der Waals surface area (Å²) >= 11 is 1.90. The molecule has 0 radical (unpaired) electrons. The first-order chi connectivity index (χ1) is 9.70. The Kier molecular flexibility index (Phi) is 4.58. The fourth-order valence-corrected chi connectivity index (χ4v) is 5.02. The van der Waals surface area contributed by atoms with Crippen molar-refractivity contribution >= 4 is 17.7 Å². The van der Waals surface area contributed by atoms with Crippen molar-refractivity contribution in [2.45, 2.75) is 37.5 Å². The first-order valence-electron chi connectivity index (χ1n) is 7.94. The van der Waals surface area contributed by atoms with Crippen LogP contribution in [0.3, 0.4) is 0 Å². The molecule has 1 spiro atoms. The predicted octanol–water partition coefficient (Wildman–Crippen LogP) is 1.80. The van der Waals surface area contributed by atoms with Crippen molar-refractivity contribution in [1.29, 1.82) is 0 Å². The fourth-order valence-electron chi connectivity index (χ4n) is 3.60. The van der Waals surface area contributed by atoms with Crippen LogP contribution in [0.1, 0.15) is 32.6 Å². The van der Waals surface area contributed by atoms with E-state index < -0.39 is 0 Å². The molecule has 0 bridgehead atoms. The number of thioether (sulfide) groups is 1. The summed E-state index contributed by atoms with van der Waals surface area (Å²) in [6, 6.07) is 0. The third-order valence-electron chi connectivity index (χ3n) is 5.06. The molecular weight excluding hydrogens is 272 g/mol. The number of carbonyl (C=O) groups excluding carboxylic acids is 1. The molecule has 1 aliphatic carbocycles. The molecular formula is C15H26N2O2S. The Hall–Kier alpha value is -0.260. The molecule has 2 saturated heterocycles. The van der Waals surface area contributed by atoms with Gasteiger partial charge in [-0.25, -0.2) is 0 Å². The van der Waals surface area contributed by atoms with Crippen molar-refractivity contribution < 1.29 is 9.53 Å². The van der Waals surface area contributed by atoms with Gasteiger partial charge in [0.05, 0.1) is 23.8 Å². The average Bonchev–Trinajstić information content (AvgIpc) is 2.78. The molecule has 0 atom stereocenters. The number of rotatable bonds is 3. The summed E-state index contributed by atoms with van der Waals surface area (Å²) in [4.78, 5) is 17.0. The molecule has 114 valence electrons. The molecule has 0 aromatic rings. The second-order valence-electron chi connectivity index (χ2n) is 6.42. The normalized spacial score (nSPS) is 36.0. The monoisotopic (exact) mass is 298 g/mol. The first kappa shape index (κ1) is 14.7. The predicted molar refractivity (Wildman–Crippen MR) is 81.8 cm³/mol. The highest BCUT2D eigenvalue weighted by atomic mass is 32.2. The van der Waals surface area contributed by atoms with Gasteiger partial charge in [0.2, 0.25) is 5.91 Å². The Morgan fingerprint density at radius 3 is 2.65 bits per heavy atom. The summed E-state index contributed by atoms with van der Waals surface area (Å²) in [6.45, 7) is 7.95. The summed E-state index contributed by atoms with van der Waals surface area (Å²) in [7, 11) is 0. The Balaban J connectivity index is 1.58. The Morgan fingerprint density at radius 1 is 1.25 bits per heavy atom. The third-order valence-corrected chi connectivity index (χ3v) is 6.61. The van der Waals surface area contributed by atoms with Gasteiger partial charge >= 0.3 is 0 Å². The SMILES string of the molecule is CC1CCC2(CC1)SCC(=O)N2CCN1CCOCC1. The van der Waals surface area contributed by atoms with E-state index in [4.69, 9.17) is 4.74 Å². The summed E-state index contributed by atoms with van der Waals surface area (Å²) in [6.07, 6.45) is 4.92. The van der Waals surface area contributed by atoms with Gasteiger partial charge in [-0.3, -0.25) is 9.69 Å². The minimum absolute atomic E-state index is 0.135. The van der Waals surface area contributed by atoms with Crippen molar-refractivity contribution in [1.82, 2.24) is 9.80 Å². The van der Waals surface area contributed by atoms with Gasteiger partial charge in [-0.2, -0.15) is 0 Å². The lowest BCUT2D eigenvalue weighted by Gasteiger charge is -2.43. The zero-order valence-corrected chi connectivity index (χ0v) is 13.3. The second-order valence-corrected chi connectivity index (χ2v) is 7.75. The van der Waals surface area contributed by atoms with Crippen LogP contribution in [0.4, 0.5) is 0 Å². The van der Waals surface area contributed by atoms with E-state index >= 15 is 0 Å². The number of carbonyl (C=O) groups is 1. The highest BCUT2D eigenvalue weighted by Gasteiger charge is 2.47. The van der Waals surface area contributed by atoms with E-state index in [1.165, 1.54) is 25.7 Å². The Labute approximate surface area is 126 Å². The standard InChI is InChI=1S/C15H26N2O2S/c1-13-2-4-15(5-3-13)17(14(18)12-20-15)7-6-16-8-10-19-11-9-16/h13H,2-12H2,1H3. The van der Waals surface area contributed by atoms with Crippen LogP contribution in [0.25, 0.3) is 0 Å². The van der Waals surface area contributed by atoms with Gasteiger partial charge in [-0.05, 0) is 31.6 Å². The maximum absolute atomic E-state index is 12.3. The van der Waals surface area contributed by atoms with Gasteiger partial charge in [0, 0.05) is 26.2 Å². The van der Waals surface area contributed by atoms with Gasteiger partial charge in [-0.15, -0.1) is 11.8 Å². The van der Waals surface area contributed by atoms with Crippen molar-refractivity contribution in [3.8, 4) is 0 Å². The van der Waals surface area contributed by atoms with Crippen molar-refractivity contribution in [3.63, 3.8) is 0 Å². The molecule has 1 amide bonds. The summed E-state index contributed by atoms with van der Waals surface area (Å²) in [5, 5.41) is 0. The van der Waals surface area contributed by atoms with Crippen LogP contribution in [0.5, 0.6) is 0 Å². The second kappa shape index (κ2) is 6.24. The first-order valence-corrected chi connectivity index (χ1v) is 8.93. The van der Waals surface area contributed by atoms with Crippen LogP contribution < -0.4 is 0 Å². The molecule has 3 aliphatic rings. The molecule has 4 nitrogen and oxygen atoms in total. The van der Waals surface area contributed by atoms with E-state index in [-0.39, 0.29) is 4.87 Å². The van der Waals surface area contributed by atoms with Gasteiger partial charge < -0.3 is 9.64 Å². The van der Waals surface area contributed by atoms with E-state index in [2.05, 4.69) is 16.7 Å². The zero-order chi connectivity index (χ0) is 14.0. The maximum atomic E-state index is 12.3. The molecule has 0 aromatic heterocycles. The quantitative estimate of drug-likeness (QED) is 0.795. The topological polar surface area (TPSA) is 32.8 Å². The highest BCUT2D eigenvalue weighted by Crippen LogP contribution is 2.48. The lowest BCUT2D eigenvalue weighted by molar-refractivity contribution is -0.131. The third kappa shape index (κ3) is 3.00. The number of hydrogen-bond donors (Lipinski definition) is 0. The van der Waals surface area contributed by atoms with E-state index in [9.17, 15) is 4.79 Å². The maximum Gasteiger partial charge on any atom is 0.233 e. The lowest BCUT2D eigenvalue weighted by atomic mass is 9.86. The van der Waals surface area contributed by atoms with E-state index in [0.29, 0.717) is 11.7 Å². The number of amides is 1. The van der Waals surface area contributed by atoms with Gasteiger partial charge in [0.15, 0.2) is 0 Å². The van der Waals surface area contributed by atoms with Gasteiger partial charge in [0.1, 0.15) is 0 Å². The van der Waals surface area contributed by atoms with E-state index in [0.717, 1.165) is 45.3 Å². The van der Waals surface area contributed by atoms with E-state index in [1.807, 2.05) is 11.8 Å². The number of ether oxygens (including phenoxy) is 1. The number of morpholine rings is 1. The highest BCUT2D eigenvalue weighted by molar-refractivity contribution is 8.01. The Morgan fingerprint density at radius 2 is 1.95 bits per heavy atom. The van der Waals surface area contributed by atoms with Gasteiger partial charge in [-0.1, -0.05) is 6.92 Å². The molecule has 2 heterocycles. The smallest absolute Gasteiger partial charge is 0.233 e. The molecule has 3 fully saturated rings. The Bertz CT molecular complexity index is 350. The summed E-state index contributed by atoms with van der Waals surface area (Å²) in [5.41, 5.74) is 0. The fraction of sp³-hybridized carbons (Fsp3) is 0.933. The largest absolute Gasteiger partial charge is 0.379 e. The average molecular weight is 298 g/mol. The molecule has 3 rings (SSSR count). The molecule has 1 saturated carbocycles. The van der Waals surface area contributed by atoms with Crippen molar-refractivity contribution in [2.24, 2.45) is 5.92 Å². The summed E-state index contributed by atoms with van der Waals surface area (Å²) in [5.74, 6) is 1.88. The minimum atomic E-state index is 0.135. The van der Waals surface area contributed by atoms with Gasteiger partial charge in [0.25, 0.3) is 0 Å².